The van der Waals surface area contributed by atoms with Crippen LogP contribution in [0.2, 0.25) is 0 Å². The molecule has 4 heteroatoms. The first-order valence-corrected chi connectivity index (χ1v) is 7.64. The Kier molecular flexibility index (Phi) is 5.81. The fourth-order valence-corrected chi connectivity index (χ4v) is 2.42. The third kappa shape index (κ3) is 4.33. The number of rotatable bonds is 8. The highest BCUT2D eigenvalue weighted by molar-refractivity contribution is 5.27. The van der Waals surface area contributed by atoms with Gasteiger partial charge in [-0.05, 0) is 36.6 Å². The van der Waals surface area contributed by atoms with Gasteiger partial charge in [0.1, 0.15) is 5.75 Å². The largest absolute Gasteiger partial charge is 0.497 e. The Bertz CT molecular complexity index is 529. The molecule has 1 N–H and O–H groups in total. The number of methoxy groups -OCH3 is 1. The van der Waals surface area contributed by atoms with Gasteiger partial charge >= 0.3 is 0 Å². The summed E-state index contributed by atoms with van der Waals surface area (Å²) in [7, 11) is 1.68. The van der Waals surface area contributed by atoms with Gasteiger partial charge in [-0.3, -0.25) is 4.68 Å². The number of hydrogen-bond donors (Lipinski definition) is 1. The van der Waals surface area contributed by atoms with Crippen molar-refractivity contribution in [2.45, 2.75) is 45.8 Å². The maximum absolute atomic E-state index is 5.16. The van der Waals surface area contributed by atoms with Gasteiger partial charge in [-0.1, -0.05) is 26.0 Å². The third-order valence-corrected chi connectivity index (χ3v) is 3.77. The van der Waals surface area contributed by atoms with E-state index in [1.165, 1.54) is 5.56 Å². The predicted molar refractivity (Wildman–Crippen MR) is 85.4 cm³/mol. The number of nitrogens with one attached hydrogen (secondary N) is 1. The second-order valence-electron chi connectivity index (χ2n) is 5.21. The molecule has 2 aromatic rings. The average Bonchev–Trinajstić information content (AvgIpc) is 2.98. The van der Waals surface area contributed by atoms with E-state index in [0.717, 1.165) is 37.4 Å². The molecular formula is C17H25N3O. The summed E-state index contributed by atoms with van der Waals surface area (Å²) in [4.78, 5) is 0. The van der Waals surface area contributed by atoms with Crippen molar-refractivity contribution in [3.05, 3.63) is 47.8 Å². The summed E-state index contributed by atoms with van der Waals surface area (Å²) in [5, 5.41) is 8.07. The molecule has 0 aliphatic rings. The number of aromatic nitrogens is 2. The van der Waals surface area contributed by atoms with Crippen molar-refractivity contribution < 1.29 is 4.74 Å². The van der Waals surface area contributed by atoms with Gasteiger partial charge < -0.3 is 10.1 Å². The van der Waals surface area contributed by atoms with Crippen molar-refractivity contribution in [2.75, 3.05) is 7.11 Å². The Balaban J connectivity index is 1.82. The van der Waals surface area contributed by atoms with Crippen LogP contribution in [0, 0.1) is 0 Å². The lowest BCUT2D eigenvalue weighted by molar-refractivity contribution is 0.414. The van der Waals surface area contributed by atoms with Gasteiger partial charge in [0.25, 0.3) is 0 Å². The molecule has 0 fully saturated rings. The number of nitrogens with zero attached hydrogens (tertiary/aromatic N) is 2. The standard InChI is InChI=1S/C17H25N3O/c1-4-16(5-2)20-11-10-15(19-20)13-18-12-14-6-8-17(21-3)9-7-14/h6-11,16,18H,4-5,12-13H2,1-3H3. The van der Waals surface area contributed by atoms with Crippen LogP contribution in [0.25, 0.3) is 0 Å². The van der Waals surface area contributed by atoms with Gasteiger partial charge in [0.05, 0.1) is 18.8 Å². The van der Waals surface area contributed by atoms with E-state index in [4.69, 9.17) is 4.74 Å². The maximum Gasteiger partial charge on any atom is 0.118 e. The maximum atomic E-state index is 5.16. The molecule has 2 rings (SSSR count). The van der Waals surface area contributed by atoms with Crippen LogP contribution in [0.3, 0.4) is 0 Å². The molecule has 1 heterocycles. The van der Waals surface area contributed by atoms with Crippen LogP contribution in [-0.4, -0.2) is 16.9 Å². The zero-order valence-corrected chi connectivity index (χ0v) is 13.2. The summed E-state index contributed by atoms with van der Waals surface area (Å²) in [6.45, 7) is 6.04. The SMILES string of the molecule is CCC(CC)n1ccc(CNCc2ccc(OC)cc2)n1. The molecule has 0 saturated heterocycles. The van der Waals surface area contributed by atoms with Crippen LogP contribution >= 0.6 is 0 Å². The molecule has 0 atom stereocenters. The monoisotopic (exact) mass is 287 g/mol. The molecule has 0 saturated carbocycles. The minimum atomic E-state index is 0.514. The third-order valence-electron chi connectivity index (χ3n) is 3.77. The molecule has 1 aromatic heterocycles. The van der Waals surface area contributed by atoms with Crippen molar-refractivity contribution in [1.29, 1.82) is 0 Å². The van der Waals surface area contributed by atoms with Crippen LogP contribution in [0.1, 0.15) is 44.0 Å². The highest BCUT2D eigenvalue weighted by Crippen LogP contribution is 2.14. The second kappa shape index (κ2) is 7.84. The normalized spacial score (nSPS) is 11.0. The minimum Gasteiger partial charge on any atom is -0.497 e. The number of hydrogen-bond acceptors (Lipinski definition) is 3. The van der Waals surface area contributed by atoms with E-state index in [1.807, 2.05) is 12.1 Å². The van der Waals surface area contributed by atoms with Crippen LogP contribution in [0.5, 0.6) is 5.75 Å². The van der Waals surface area contributed by atoms with E-state index in [-0.39, 0.29) is 0 Å². The van der Waals surface area contributed by atoms with Gasteiger partial charge in [0.2, 0.25) is 0 Å². The molecule has 1 aromatic carbocycles. The van der Waals surface area contributed by atoms with Crippen molar-refractivity contribution in [3.8, 4) is 5.75 Å². The molecule has 0 unspecified atom stereocenters. The topological polar surface area (TPSA) is 39.1 Å². The number of benzene rings is 1. The molecule has 0 bridgehead atoms. The fourth-order valence-electron chi connectivity index (χ4n) is 2.42. The lowest BCUT2D eigenvalue weighted by atomic mass is 10.2. The van der Waals surface area contributed by atoms with E-state index in [9.17, 15) is 0 Å². The molecule has 114 valence electrons. The lowest BCUT2D eigenvalue weighted by Gasteiger charge is -2.12. The van der Waals surface area contributed by atoms with Crippen LogP contribution in [0.4, 0.5) is 0 Å². The van der Waals surface area contributed by atoms with Gasteiger partial charge in [0, 0.05) is 19.3 Å². The average molecular weight is 287 g/mol. The molecule has 0 aliphatic carbocycles. The van der Waals surface area contributed by atoms with Crippen molar-refractivity contribution in [3.63, 3.8) is 0 Å². The Morgan fingerprint density at radius 3 is 2.43 bits per heavy atom. The molecule has 0 radical (unpaired) electrons. The first kappa shape index (κ1) is 15.6. The lowest BCUT2D eigenvalue weighted by Crippen LogP contribution is -2.14. The number of ether oxygens (including phenoxy) is 1. The minimum absolute atomic E-state index is 0.514. The molecule has 0 amide bonds. The van der Waals surface area contributed by atoms with Crippen molar-refractivity contribution >= 4 is 0 Å². The Labute approximate surface area is 127 Å². The zero-order chi connectivity index (χ0) is 15.1. The molecule has 0 aliphatic heterocycles. The summed E-state index contributed by atoms with van der Waals surface area (Å²) in [5.41, 5.74) is 2.34. The molecular weight excluding hydrogens is 262 g/mol. The Hall–Kier alpha value is -1.81. The molecule has 4 nitrogen and oxygen atoms in total. The summed E-state index contributed by atoms with van der Waals surface area (Å²) >= 11 is 0. The van der Waals surface area contributed by atoms with Gasteiger partial charge in [0.15, 0.2) is 0 Å². The van der Waals surface area contributed by atoms with E-state index < -0.39 is 0 Å². The second-order valence-corrected chi connectivity index (χ2v) is 5.21. The summed E-state index contributed by atoms with van der Waals surface area (Å²) in [6, 6.07) is 10.7. The Morgan fingerprint density at radius 2 is 1.81 bits per heavy atom. The summed E-state index contributed by atoms with van der Waals surface area (Å²) in [5.74, 6) is 0.891. The van der Waals surface area contributed by atoms with Gasteiger partial charge in [-0.15, -0.1) is 0 Å². The van der Waals surface area contributed by atoms with Crippen molar-refractivity contribution in [1.82, 2.24) is 15.1 Å². The summed E-state index contributed by atoms with van der Waals surface area (Å²) < 4.78 is 7.24. The van der Waals surface area contributed by atoms with Gasteiger partial charge in [-0.25, -0.2) is 0 Å². The van der Waals surface area contributed by atoms with E-state index in [2.05, 4.69) is 53.3 Å². The predicted octanol–water partition coefficient (Wildman–Crippen LogP) is 3.54. The highest BCUT2D eigenvalue weighted by atomic mass is 16.5. The smallest absolute Gasteiger partial charge is 0.118 e. The van der Waals surface area contributed by atoms with E-state index >= 15 is 0 Å². The van der Waals surface area contributed by atoms with Gasteiger partial charge in [-0.2, -0.15) is 5.10 Å². The van der Waals surface area contributed by atoms with Crippen LogP contribution < -0.4 is 10.1 Å². The first-order chi connectivity index (χ1) is 10.3. The van der Waals surface area contributed by atoms with Crippen molar-refractivity contribution in [2.24, 2.45) is 0 Å². The quantitative estimate of drug-likeness (QED) is 0.807. The Morgan fingerprint density at radius 1 is 1.10 bits per heavy atom. The fraction of sp³-hybridized carbons (Fsp3) is 0.471. The van der Waals surface area contributed by atoms with E-state index in [1.54, 1.807) is 7.11 Å². The summed E-state index contributed by atoms with van der Waals surface area (Å²) in [6.07, 6.45) is 4.33. The zero-order valence-electron chi connectivity index (χ0n) is 13.2. The first-order valence-electron chi connectivity index (χ1n) is 7.64. The molecule has 0 spiro atoms. The van der Waals surface area contributed by atoms with E-state index in [0.29, 0.717) is 6.04 Å². The van der Waals surface area contributed by atoms with Crippen LogP contribution in [0.15, 0.2) is 36.5 Å². The van der Waals surface area contributed by atoms with Crippen LogP contribution in [-0.2, 0) is 13.1 Å². The molecule has 21 heavy (non-hydrogen) atoms. The highest BCUT2D eigenvalue weighted by Gasteiger charge is 2.07.